The summed E-state index contributed by atoms with van der Waals surface area (Å²) >= 11 is 0. The third-order valence-electron chi connectivity index (χ3n) is 1.70. The predicted molar refractivity (Wildman–Crippen MR) is 46.3 cm³/mol. The van der Waals surface area contributed by atoms with E-state index in [1.165, 1.54) is 26.5 Å². The van der Waals surface area contributed by atoms with Crippen molar-refractivity contribution in [3.8, 4) is 0 Å². The minimum atomic E-state index is -1.32. The molecular formula is C8H12N2O3. The minimum Gasteiger partial charge on any atom is -0.497 e. The summed E-state index contributed by atoms with van der Waals surface area (Å²) in [5, 5.41) is 2.68. The summed E-state index contributed by atoms with van der Waals surface area (Å²) in [6.07, 6.45) is 4.66. The second-order valence-corrected chi connectivity index (χ2v) is 2.59. The van der Waals surface area contributed by atoms with Gasteiger partial charge in [0.2, 0.25) is 5.66 Å². The van der Waals surface area contributed by atoms with E-state index in [4.69, 9.17) is 10.5 Å². The molecule has 0 radical (unpaired) electrons. The summed E-state index contributed by atoms with van der Waals surface area (Å²) in [6.45, 7) is 0. The van der Waals surface area contributed by atoms with Gasteiger partial charge in [0.25, 0.3) is 0 Å². The van der Waals surface area contributed by atoms with E-state index < -0.39 is 11.6 Å². The quantitative estimate of drug-likeness (QED) is 0.564. The highest BCUT2D eigenvalue weighted by Gasteiger charge is 2.34. The van der Waals surface area contributed by atoms with Crippen LogP contribution in [0.5, 0.6) is 0 Å². The smallest absolute Gasteiger partial charge is 0.350 e. The fourth-order valence-electron chi connectivity index (χ4n) is 0.990. The zero-order valence-corrected chi connectivity index (χ0v) is 7.53. The Balaban J connectivity index is 2.88. The van der Waals surface area contributed by atoms with Crippen molar-refractivity contribution in [3.05, 3.63) is 24.1 Å². The van der Waals surface area contributed by atoms with Crippen molar-refractivity contribution in [1.29, 1.82) is 0 Å². The van der Waals surface area contributed by atoms with Crippen molar-refractivity contribution in [1.82, 2.24) is 5.32 Å². The van der Waals surface area contributed by atoms with Gasteiger partial charge in [0.05, 0.1) is 14.2 Å². The van der Waals surface area contributed by atoms with Crippen LogP contribution < -0.4 is 11.1 Å². The first-order valence-corrected chi connectivity index (χ1v) is 3.71. The van der Waals surface area contributed by atoms with Crippen molar-refractivity contribution in [2.75, 3.05) is 14.2 Å². The molecule has 1 aliphatic heterocycles. The number of dihydropyridines is 1. The lowest BCUT2D eigenvalue weighted by molar-refractivity contribution is -0.146. The number of carbonyl (C=O) groups is 1. The summed E-state index contributed by atoms with van der Waals surface area (Å²) in [6, 6.07) is 0. The van der Waals surface area contributed by atoms with Gasteiger partial charge in [0, 0.05) is 12.3 Å². The molecule has 1 atom stereocenters. The SMILES string of the molecule is COC(=O)C1(N)C=C(OC)C=CN1. The van der Waals surface area contributed by atoms with Crippen LogP contribution in [-0.4, -0.2) is 25.9 Å². The molecule has 72 valence electrons. The van der Waals surface area contributed by atoms with Gasteiger partial charge in [-0.2, -0.15) is 0 Å². The number of rotatable bonds is 2. The van der Waals surface area contributed by atoms with Crippen LogP contribution in [-0.2, 0) is 14.3 Å². The Morgan fingerprint density at radius 3 is 2.85 bits per heavy atom. The Bertz CT molecular complexity index is 273. The molecule has 0 saturated carbocycles. The summed E-state index contributed by atoms with van der Waals surface area (Å²) in [4.78, 5) is 11.2. The van der Waals surface area contributed by atoms with Crippen LogP contribution in [0.1, 0.15) is 0 Å². The van der Waals surface area contributed by atoms with E-state index in [2.05, 4.69) is 10.1 Å². The molecule has 1 unspecified atom stereocenters. The Morgan fingerprint density at radius 1 is 1.62 bits per heavy atom. The number of nitrogens with one attached hydrogen (secondary N) is 1. The van der Waals surface area contributed by atoms with Crippen LogP contribution in [0, 0.1) is 0 Å². The number of carbonyl (C=O) groups excluding carboxylic acids is 1. The second kappa shape index (κ2) is 3.49. The van der Waals surface area contributed by atoms with Crippen LogP contribution in [0.2, 0.25) is 0 Å². The van der Waals surface area contributed by atoms with Gasteiger partial charge in [-0.25, -0.2) is 4.79 Å². The average molecular weight is 184 g/mol. The van der Waals surface area contributed by atoms with Crippen LogP contribution in [0.15, 0.2) is 24.1 Å². The molecule has 13 heavy (non-hydrogen) atoms. The van der Waals surface area contributed by atoms with Gasteiger partial charge in [-0.05, 0) is 6.08 Å². The standard InChI is InChI=1S/C8H12N2O3/c1-12-6-3-4-10-8(9,5-6)7(11)13-2/h3-5,10H,9H2,1-2H3. The topological polar surface area (TPSA) is 73.6 Å². The molecule has 0 bridgehead atoms. The fraction of sp³-hybridized carbons (Fsp3) is 0.375. The van der Waals surface area contributed by atoms with Gasteiger partial charge >= 0.3 is 5.97 Å². The molecule has 5 nitrogen and oxygen atoms in total. The Morgan fingerprint density at radius 2 is 2.31 bits per heavy atom. The van der Waals surface area contributed by atoms with E-state index in [1.54, 1.807) is 6.08 Å². The molecule has 1 rings (SSSR count). The molecule has 0 aromatic rings. The molecule has 1 aliphatic rings. The first kappa shape index (κ1) is 9.60. The highest BCUT2D eigenvalue weighted by atomic mass is 16.5. The van der Waals surface area contributed by atoms with E-state index in [9.17, 15) is 4.79 Å². The van der Waals surface area contributed by atoms with Gasteiger partial charge in [-0.15, -0.1) is 0 Å². The van der Waals surface area contributed by atoms with E-state index in [0.717, 1.165) is 0 Å². The highest BCUT2D eigenvalue weighted by molar-refractivity contribution is 5.83. The third-order valence-corrected chi connectivity index (χ3v) is 1.70. The Labute approximate surface area is 76.2 Å². The summed E-state index contributed by atoms with van der Waals surface area (Å²) in [5.41, 5.74) is 4.36. The van der Waals surface area contributed by atoms with Gasteiger partial charge in [-0.3, -0.25) is 5.73 Å². The van der Waals surface area contributed by atoms with Crippen molar-refractivity contribution in [2.24, 2.45) is 5.73 Å². The number of allylic oxidation sites excluding steroid dienone is 1. The van der Waals surface area contributed by atoms with Gasteiger partial charge in [0.1, 0.15) is 5.76 Å². The van der Waals surface area contributed by atoms with Gasteiger partial charge in [-0.1, -0.05) is 0 Å². The maximum absolute atomic E-state index is 11.2. The first-order valence-electron chi connectivity index (χ1n) is 3.71. The monoisotopic (exact) mass is 184 g/mol. The fourth-order valence-corrected chi connectivity index (χ4v) is 0.990. The number of hydrogen-bond acceptors (Lipinski definition) is 5. The number of ether oxygens (including phenoxy) is 2. The second-order valence-electron chi connectivity index (χ2n) is 2.59. The lowest BCUT2D eigenvalue weighted by Gasteiger charge is -2.26. The summed E-state index contributed by atoms with van der Waals surface area (Å²) < 4.78 is 9.45. The zero-order chi connectivity index (χ0) is 9.90. The average Bonchev–Trinajstić information content (AvgIpc) is 2.16. The van der Waals surface area contributed by atoms with Crippen LogP contribution in [0.25, 0.3) is 0 Å². The van der Waals surface area contributed by atoms with E-state index >= 15 is 0 Å². The first-order chi connectivity index (χ1) is 6.12. The molecule has 0 aromatic carbocycles. The normalized spacial score (nSPS) is 25.9. The van der Waals surface area contributed by atoms with E-state index in [1.807, 2.05) is 0 Å². The highest BCUT2D eigenvalue weighted by Crippen LogP contribution is 2.12. The number of hydrogen-bond donors (Lipinski definition) is 2. The molecule has 1 heterocycles. The summed E-state index contributed by atoms with van der Waals surface area (Å²) in [5.74, 6) is -0.0435. The summed E-state index contributed by atoms with van der Waals surface area (Å²) in [7, 11) is 2.77. The minimum absolute atomic E-state index is 0.520. The van der Waals surface area contributed by atoms with Crippen LogP contribution in [0.3, 0.4) is 0 Å². The molecule has 5 heteroatoms. The lowest BCUT2D eigenvalue weighted by Crippen LogP contribution is -2.57. The molecule has 3 N–H and O–H groups in total. The van der Waals surface area contributed by atoms with Crippen molar-refractivity contribution < 1.29 is 14.3 Å². The molecular weight excluding hydrogens is 172 g/mol. The van der Waals surface area contributed by atoms with Crippen molar-refractivity contribution in [3.63, 3.8) is 0 Å². The Hall–Kier alpha value is -1.49. The van der Waals surface area contributed by atoms with Crippen LogP contribution >= 0.6 is 0 Å². The van der Waals surface area contributed by atoms with E-state index in [-0.39, 0.29) is 0 Å². The molecule has 0 aromatic heterocycles. The van der Waals surface area contributed by atoms with E-state index in [0.29, 0.717) is 5.76 Å². The van der Waals surface area contributed by atoms with Gasteiger partial charge in [0.15, 0.2) is 0 Å². The molecule has 0 spiro atoms. The largest absolute Gasteiger partial charge is 0.497 e. The van der Waals surface area contributed by atoms with Crippen molar-refractivity contribution in [2.45, 2.75) is 5.66 Å². The molecule has 0 aliphatic carbocycles. The Kier molecular flexibility index (Phi) is 2.57. The lowest BCUT2D eigenvalue weighted by atomic mass is 10.1. The molecule has 0 fully saturated rings. The predicted octanol–water partition coefficient (Wildman–Crippen LogP) is -0.538. The van der Waals surface area contributed by atoms with Gasteiger partial charge < -0.3 is 14.8 Å². The number of esters is 1. The maximum Gasteiger partial charge on any atom is 0.350 e. The number of nitrogens with two attached hydrogens (primary N) is 1. The van der Waals surface area contributed by atoms with Crippen LogP contribution in [0.4, 0.5) is 0 Å². The zero-order valence-electron chi connectivity index (χ0n) is 7.53. The number of methoxy groups -OCH3 is 2. The third kappa shape index (κ3) is 1.81. The van der Waals surface area contributed by atoms with Crippen molar-refractivity contribution >= 4 is 5.97 Å². The molecule has 0 amide bonds. The molecule has 0 saturated heterocycles. The maximum atomic E-state index is 11.2.